The van der Waals surface area contributed by atoms with Gasteiger partial charge in [-0.1, -0.05) is 29.8 Å². The minimum Gasteiger partial charge on any atom is -0.482 e. The summed E-state index contributed by atoms with van der Waals surface area (Å²) in [6, 6.07) is 17.2. The fraction of sp³-hybridized carbons (Fsp3) is 0.130. The summed E-state index contributed by atoms with van der Waals surface area (Å²) in [5.74, 6) is 0.407. The van der Waals surface area contributed by atoms with E-state index in [-0.39, 0.29) is 12.5 Å². The molecule has 0 saturated carbocycles. The zero-order valence-corrected chi connectivity index (χ0v) is 19.5. The number of aromatic nitrogens is 1. The van der Waals surface area contributed by atoms with Crippen LogP contribution in [-0.4, -0.2) is 17.5 Å². The minimum atomic E-state index is -0.258. The van der Waals surface area contributed by atoms with Crippen molar-refractivity contribution in [2.75, 3.05) is 11.9 Å². The lowest BCUT2D eigenvalue weighted by Gasteiger charge is -2.13. The van der Waals surface area contributed by atoms with Crippen LogP contribution >= 0.6 is 38.9 Å². The van der Waals surface area contributed by atoms with E-state index in [9.17, 15) is 4.79 Å². The Labute approximate surface area is 192 Å². The number of para-hydroxylation sites is 1. The lowest BCUT2D eigenvalue weighted by atomic mass is 10.1. The average Bonchev–Trinajstić information content (AvgIpc) is 3.12. The molecule has 1 N–H and O–H groups in total. The Balaban J connectivity index is 1.55. The molecule has 0 fully saturated rings. The van der Waals surface area contributed by atoms with E-state index in [1.165, 1.54) is 0 Å². The van der Waals surface area contributed by atoms with Gasteiger partial charge in [0.15, 0.2) is 6.61 Å². The predicted octanol–water partition coefficient (Wildman–Crippen LogP) is 7.01. The summed E-state index contributed by atoms with van der Waals surface area (Å²) >= 11 is 11.3. The lowest BCUT2D eigenvalue weighted by molar-refractivity contribution is -0.118. The molecule has 30 heavy (non-hydrogen) atoms. The molecule has 0 aliphatic rings. The Morgan fingerprint density at radius 1 is 1.17 bits per heavy atom. The topological polar surface area (TPSA) is 51.2 Å². The van der Waals surface area contributed by atoms with E-state index < -0.39 is 0 Å². The summed E-state index contributed by atoms with van der Waals surface area (Å²) in [6.45, 7) is 3.86. The Kier molecular flexibility index (Phi) is 6.09. The number of hydrogen-bond donors (Lipinski definition) is 1. The van der Waals surface area contributed by atoms with E-state index in [0.717, 1.165) is 36.4 Å². The molecule has 0 atom stereocenters. The van der Waals surface area contributed by atoms with Crippen molar-refractivity contribution in [3.8, 4) is 16.3 Å². The number of carbonyl (C=O) groups is 1. The van der Waals surface area contributed by atoms with Crippen LogP contribution in [0.5, 0.6) is 5.75 Å². The number of anilines is 1. The maximum atomic E-state index is 12.6. The Morgan fingerprint density at radius 2 is 1.97 bits per heavy atom. The van der Waals surface area contributed by atoms with Crippen LogP contribution in [0.4, 0.5) is 5.69 Å². The first-order valence-corrected chi connectivity index (χ1v) is 11.2. The number of ether oxygens (including phenoxy) is 1. The van der Waals surface area contributed by atoms with Gasteiger partial charge in [-0.2, -0.15) is 0 Å². The highest BCUT2D eigenvalue weighted by molar-refractivity contribution is 9.10. The van der Waals surface area contributed by atoms with Crippen molar-refractivity contribution >= 4 is 60.7 Å². The smallest absolute Gasteiger partial charge is 0.262 e. The van der Waals surface area contributed by atoms with Crippen LogP contribution in [0.2, 0.25) is 5.02 Å². The normalized spacial score (nSPS) is 10.9. The molecule has 0 bridgehead atoms. The van der Waals surface area contributed by atoms with Gasteiger partial charge in [0.1, 0.15) is 10.8 Å². The first kappa shape index (κ1) is 20.8. The zero-order valence-electron chi connectivity index (χ0n) is 16.3. The van der Waals surface area contributed by atoms with Crippen molar-refractivity contribution in [1.82, 2.24) is 4.98 Å². The second-order valence-electron chi connectivity index (χ2n) is 6.91. The monoisotopic (exact) mass is 500 g/mol. The molecule has 0 unspecified atom stereocenters. The van der Waals surface area contributed by atoms with Gasteiger partial charge in [-0.3, -0.25) is 4.79 Å². The van der Waals surface area contributed by atoms with Crippen LogP contribution in [0.1, 0.15) is 11.1 Å². The molecule has 4 rings (SSSR count). The quantitative estimate of drug-likeness (QED) is 0.320. The van der Waals surface area contributed by atoms with Crippen LogP contribution in [0.3, 0.4) is 0 Å². The largest absolute Gasteiger partial charge is 0.482 e. The molecular formula is C23H18BrClN2O2S. The van der Waals surface area contributed by atoms with E-state index in [1.807, 2.05) is 56.3 Å². The third kappa shape index (κ3) is 4.51. The van der Waals surface area contributed by atoms with Gasteiger partial charge in [0.2, 0.25) is 0 Å². The predicted molar refractivity (Wildman–Crippen MR) is 128 cm³/mol. The van der Waals surface area contributed by atoms with E-state index in [1.54, 1.807) is 23.5 Å². The van der Waals surface area contributed by atoms with E-state index in [2.05, 4.69) is 26.2 Å². The van der Waals surface area contributed by atoms with Gasteiger partial charge < -0.3 is 10.1 Å². The molecule has 4 aromatic rings. The van der Waals surface area contributed by atoms with Gasteiger partial charge in [0.05, 0.1) is 20.4 Å². The number of nitrogens with zero attached hydrogens (tertiary/aromatic N) is 1. The number of hydrogen-bond acceptors (Lipinski definition) is 4. The van der Waals surface area contributed by atoms with Crippen LogP contribution in [0.25, 0.3) is 20.8 Å². The number of amides is 1. The van der Waals surface area contributed by atoms with E-state index in [0.29, 0.717) is 16.5 Å². The molecule has 1 heterocycles. The van der Waals surface area contributed by atoms with Crippen molar-refractivity contribution in [2.24, 2.45) is 0 Å². The third-order valence-corrected chi connectivity index (χ3v) is 6.40. The van der Waals surface area contributed by atoms with Crippen molar-refractivity contribution in [2.45, 2.75) is 13.8 Å². The molecule has 3 aromatic carbocycles. The van der Waals surface area contributed by atoms with Crippen molar-refractivity contribution in [3.05, 3.63) is 75.2 Å². The zero-order chi connectivity index (χ0) is 21.3. The van der Waals surface area contributed by atoms with Crippen LogP contribution < -0.4 is 10.1 Å². The van der Waals surface area contributed by atoms with Gasteiger partial charge in [-0.25, -0.2) is 4.98 Å². The number of rotatable bonds is 5. The molecular weight excluding hydrogens is 484 g/mol. The molecule has 1 amide bonds. The fourth-order valence-corrected chi connectivity index (χ4v) is 5.16. The minimum absolute atomic E-state index is 0.107. The molecule has 0 saturated heterocycles. The molecule has 0 spiro atoms. The van der Waals surface area contributed by atoms with Crippen molar-refractivity contribution < 1.29 is 9.53 Å². The number of aryl methyl sites for hydroxylation is 2. The highest BCUT2D eigenvalue weighted by Crippen LogP contribution is 2.36. The summed E-state index contributed by atoms with van der Waals surface area (Å²) in [5.41, 5.74) is 4.43. The highest BCUT2D eigenvalue weighted by Gasteiger charge is 2.15. The standard InChI is InChI=1S/C23H18BrClN2O2S/c1-13-9-14(2)22(17(24)10-13)29-12-21(28)26-18-8-7-15(25)11-16(18)23-27-19-5-3-4-6-20(19)30-23/h3-11H,12H2,1-2H3,(H,26,28). The fourth-order valence-electron chi connectivity index (χ4n) is 3.20. The summed E-state index contributed by atoms with van der Waals surface area (Å²) < 4.78 is 7.68. The third-order valence-electron chi connectivity index (χ3n) is 4.50. The molecule has 4 nitrogen and oxygen atoms in total. The number of nitrogens with one attached hydrogen (secondary N) is 1. The van der Waals surface area contributed by atoms with Gasteiger partial charge >= 0.3 is 0 Å². The van der Waals surface area contributed by atoms with Crippen LogP contribution in [0, 0.1) is 13.8 Å². The summed E-state index contributed by atoms with van der Waals surface area (Å²) in [7, 11) is 0. The molecule has 0 aliphatic heterocycles. The Hall–Kier alpha value is -2.41. The summed E-state index contributed by atoms with van der Waals surface area (Å²) in [5, 5.41) is 4.31. The Bertz CT molecular complexity index is 1200. The number of thiazole rings is 1. The number of fused-ring (bicyclic) bond motifs is 1. The first-order chi connectivity index (χ1) is 14.4. The van der Waals surface area contributed by atoms with Crippen LogP contribution in [0.15, 0.2) is 59.1 Å². The van der Waals surface area contributed by atoms with E-state index in [4.69, 9.17) is 16.3 Å². The molecule has 152 valence electrons. The second-order valence-corrected chi connectivity index (χ2v) is 9.23. The Morgan fingerprint density at radius 3 is 2.73 bits per heavy atom. The van der Waals surface area contributed by atoms with Gasteiger partial charge in [0, 0.05) is 10.6 Å². The van der Waals surface area contributed by atoms with Gasteiger partial charge in [0.25, 0.3) is 5.91 Å². The lowest BCUT2D eigenvalue weighted by Crippen LogP contribution is -2.21. The maximum Gasteiger partial charge on any atom is 0.262 e. The summed E-state index contributed by atoms with van der Waals surface area (Å²) in [6.07, 6.45) is 0. The summed E-state index contributed by atoms with van der Waals surface area (Å²) in [4.78, 5) is 17.3. The number of benzene rings is 3. The van der Waals surface area contributed by atoms with Crippen molar-refractivity contribution in [1.29, 1.82) is 0 Å². The molecule has 0 radical (unpaired) electrons. The number of carbonyl (C=O) groups excluding carboxylic acids is 1. The molecule has 7 heteroatoms. The second kappa shape index (κ2) is 8.76. The highest BCUT2D eigenvalue weighted by atomic mass is 79.9. The van der Waals surface area contributed by atoms with E-state index >= 15 is 0 Å². The molecule has 1 aromatic heterocycles. The van der Waals surface area contributed by atoms with Gasteiger partial charge in [-0.15, -0.1) is 11.3 Å². The molecule has 0 aliphatic carbocycles. The van der Waals surface area contributed by atoms with Crippen LogP contribution in [-0.2, 0) is 4.79 Å². The maximum absolute atomic E-state index is 12.6. The SMILES string of the molecule is Cc1cc(C)c(OCC(=O)Nc2ccc(Cl)cc2-c2nc3ccccc3s2)c(Br)c1. The number of halogens is 2. The first-order valence-electron chi connectivity index (χ1n) is 9.25. The van der Waals surface area contributed by atoms with Gasteiger partial charge in [-0.05, 0) is 77.3 Å². The average molecular weight is 502 g/mol. The van der Waals surface area contributed by atoms with Crippen molar-refractivity contribution in [3.63, 3.8) is 0 Å².